The summed E-state index contributed by atoms with van der Waals surface area (Å²) in [6, 6.07) is 6.03. The SMILES string of the molecule is CC(C)CNc1ncnc2cc(C3=NNC(=O)CC3C)ccc12. The third-order valence-electron chi connectivity index (χ3n) is 3.87. The summed E-state index contributed by atoms with van der Waals surface area (Å²) in [6.07, 6.45) is 2.03. The van der Waals surface area contributed by atoms with Gasteiger partial charge in [0, 0.05) is 29.8 Å². The molecule has 0 saturated carbocycles. The van der Waals surface area contributed by atoms with Crippen LogP contribution in [0.4, 0.5) is 5.82 Å². The van der Waals surface area contributed by atoms with Crippen LogP contribution in [-0.4, -0.2) is 28.1 Å². The van der Waals surface area contributed by atoms with Crippen molar-refractivity contribution in [2.45, 2.75) is 27.2 Å². The maximum Gasteiger partial charge on any atom is 0.240 e. The molecule has 0 fully saturated rings. The number of carbonyl (C=O) groups excluding carboxylic acids is 1. The summed E-state index contributed by atoms with van der Waals surface area (Å²) in [5.74, 6) is 1.45. The van der Waals surface area contributed by atoms with E-state index in [0.29, 0.717) is 12.3 Å². The zero-order valence-corrected chi connectivity index (χ0v) is 13.6. The molecule has 1 aromatic heterocycles. The van der Waals surface area contributed by atoms with E-state index < -0.39 is 0 Å². The van der Waals surface area contributed by atoms with Crippen LogP contribution in [0.15, 0.2) is 29.6 Å². The van der Waals surface area contributed by atoms with E-state index >= 15 is 0 Å². The van der Waals surface area contributed by atoms with Crippen LogP contribution in [0.2, 0.25) is 0 Å². The third kappa shape index (κ3) is 3.31. The summed E-state index contributed by atoms with van der Waals surface area (Å²) in [6.45, 7) is 7.19. The van der Waals surface area contributed by atoms with Gasteiger partial charge in [-0.3, -0.25) is 4.79 Å². The number of nitrogens with one attached hydrogen (secondary N) is 2. The van der Waals surface area contributed by atoms with Crippen molar-refractivity contribution < 1.29 is 4.79 Å². The molecule has 1 unspecified atom stereocenters. The van der Waals surface area contributed by atoms with Crippen LogP contribution in [0.25, 0.3) is 10.9 Å². The first kappa shape index (κ1) is 15.4. The summed E-state index contributed by atoms with van der Waals surface area (Å²) in [5.41, 5.74) is 5.30. The molecule has 6 heteroatoms. The fourth-order valence-corrected chi connectivity index (χ4v) is 2.66. The van der Waals surface area contributed by atoms with Crippen molar-refractivity contribution in [3.8, 4) is 0 Å². The van der Waals surface area contributed by atoms with Gasteiger partial charge in [-0.05, 0) is 18.1 Å². The van der Waals surface area contributed by atoms with Crippen molar-refractivity contribution in [1.82, 2.24) is 15.4 Å². The number of hydrazone groups is 1. The van der Waals surface area contributed by atoms with Crippen LogP contribution in [0.5, 0.6) is 0 Å². The summed E-state index contributed by atoms with van der Waals surface area (Å²) in [4.78, 5) is 20.1. The Bertz CT molecular complexity index is 769. The van der Waals surface area contributed by atoms with E-state index in [0.717, 1.165) is 34.5 Å². The Morgan fingerprint density at radius 2 is 2.17 bits per heavy atom. The van der Waals surface area contributed by atoms with Crippen molar-refractivity contribution in [2.75, 3.05) is 11.9 Å². The lowest BCUT2D eigenvalue weighted by Crippen LogP contribution is -2.31. The molecule has 120 valence electrons. The summed E-state index contributed by atoms with van der Waals surface area (Å²) in [5, 5.41) is 8.56. The Kier molecular flexibility index (Phi) is 4.23. The summed E-state index contributed by atoms with van der Waals surface area (Å²) >= 11 is 0. The highest BCUT2D eigenvalue weighted by molar-refractivity contribution is 6.07. The first-order chi connectivity index (χ1) is 11.0. The zero-order valence-electron chi connectivity index (χ0n) is 13.6. The molecule has 1 atom stereocenters. The smallest absolute Gasteiger partial charge is 0.240 e. The number of aromatic nitrogens is 2. The van der Waals surface area contributed by atoms with Crippen molar-refractivity contribution in [1.29, 1.82) is 0 Å². The highest BCUT2D eigenvalue weighted by Crippen LogP contribution is 2.23. The molecule has 0 radical (unpaired) electrons. The normalized spacial score (nSPS) is 18.0. The van der Waals surface area contributed by atoms with Crippen molar-refractivity contribution in [3.05, 3.63) is 30.1 Å². The monoisotopic (exact) mass is 311 g/mol. The molecule has 1 aliphatic heterocycles. The fraction of sp³-hybridized carbons (Fsp3) is 0.412. The lowest BCUT2D eigenvalue weighted by atomic mass is 9.93. The van der Waals surface area contributed by atoms with Gasteiger partial charge in [0.2, 0.25) is 5.91 Å². The molecular weight excluding hydrogens is 290 g/mol. The van der Waals surface area contributed by atoms with Crippen molar-refractivity contribution in [3.63, 3.8) is 0 Å². The highest BCUT2D eigenvalue weighted by Gasteiger charge is 2.22. The van der Waals surface area contributed by atoms with Gasteiger partial charge in [-0.15, -0.1) is 0 Å². The first-order valence-corrected chi connectivity index (χ1v) is 7.90. The van der Waals surface area contributed by atoms with Gasteiger partial charge in [0.15, 0.2) is 0 Å². The van der Waals surface area contributed by atoms with Gasteiger partial charge in [-0.2, -0.15) is 5.10 Å². The lowest BCUT2D eigenvalue weighted by molar-refractivity contribution is -0.121. The van der Waals surface area contributed by atoms with Gasteiger partial charge in [0.1, 0.15) is 12.1 Å². The van der Waals surface area contributed by atoms with Crippen LogP contribution in [0.3, 0.4) is 0 Å². The van der Waals surface area contributed by atoms with Gasteiger partial charge in [-0.25, -0.2) is 15.4 Å². The molecule has 0 aliphatic carbocycles. The van der Waals surface area contributed by atoms with E-state index in [1.165, 1.54) is 0 Å². The number of rotatable bonds is 4. The van der Waals surface area contributed by atoms with Crippen LogP contribution in [0, 0.1) is 11.8 Å². The molecule has 1 aliphatic rings. The van der Waals surface area contributed by atoms with E-state index in [1.54, 1.807) is 6.33 Å². The molecule has 2 aromatic rings. The number of hydrogen-bond donors (Lipinski definition) is 2. The van der Waals surface area contributed by atoms with Crippen molar-refractivity contribution >= 4 is 28.3 Å². The predicted octanol–water partition coefficient (Wildman–Crippen LogP) is 2.56. The minimum absolute atomic E-state index is 0.0375. The average molecular weight is 311 g/mol. The molecule has 6 nitrogen and oxygen atoms in total. The lowest BCUT2D eigenvalue weighted by Gasteiger charge is -2.19. The molecule has 0 spiro atoms. The van der Waals surface area contributed by atoms with E-state index in [9.17, 15) is 4.79 Å². The average Bonchev–Trinajstić information content (AvgIpc) is 2.52. The first-order valence-electron chi connectivity index (χ1n) is 7.90. The maximum absolute atomic E-state index is 11.4. The minimum atomic E-state index is -0.0375. The topological polar surface area (TPSA) is 79.3 Å². The number of anilines is 1. The number of benzene rings is 1. The zero-order chi connectivity index (χ0) is 16.4. The van der Waals surface area contributed by atoms with Gasteiger partial charge in [0.05, 0.1) is 11.2 Å². The fourth-order valence-electron chi connectivity index (χ4n) is 2.66. The molecule has 23 heavy (non-hydrogen) atoms. The number of hydrogen-bond acceptors (Lipinski definition) is 5. The molecule has 0 bridgehead atoms. The summed E-state index contributed by atoms with van der Waals surface area (Å²) in [7, 11) is 0. The number of amides is 1. The van der Waals surface area contributed by atoms with Gasteiger partial charge in [0.25, 0.3) is 0 Å². The largest absolute Gasteiger partial charge is 0.369 e. The molecule has 0 saturated heterocycles. The Morgan fingerprint density at radius 1 is 1.35 bits per heavy atom. The predicted molar refractivity (Wildman–Crippen MR) is 91.3 cm³/mol. The summed E-state index contributed by atoms with van der Waals surface area (Å²) < 4.78 is 0. The van der Waals surface area contributed by atoms with Crippen LogP contribution >= 0.6 is 0 Å². The van der Waals surface area contributed by atoms with Crippen LogP contribution in [-0.2, 0) is 4.79 Å². The highest BCUT2D eigenvalue weighted by atomic mass is 16.2. The molecule has 3 rings (SSSR count). The van der Waals surface area contributed by atoms with E-state index in [1.807, 2.05) is 25.1 Å². The maximum atomic E-state index is 11.4. The Labute approximate surface area is 135 Å². The third-order valence-corrected chi connectivity index (χ3v) is 3.87. The molecule has 2 N–H and O–H groups in total. The minimum Gasteiger partial charge on any atom is -0.369 e. The number of fused-ring (bicyclic) bond motifs is 1. The van der Waals surface area contributed by atoms with E-state index in [-0.39, 0.29) is 11.8 Å². The van der Waals surface area contributed by atoms with Gasteiger partial charge < -0.3 is 5.32 Å². The quantitative estimate of drug-likeness (QED) is 0.909. The van der Waals surface area contributed by atoms with E-state index in [4.69, 9.17) is 0 Å². The van der Waals surface area contributed by atoms with Crippen molar-refractivity contribution in [2.24, 2.45) is 16.9 Å². The number of nitrogens with zero attached hydrogens (tertiary/aromatic N) is 3. The number of carbonyl (C=O) groups is 1. The molecule has 2 heterocycles. The second kappa shape index (κ2) is 6.32. The second-order valence-electron chi connectivity index (χ2n) is 6.37. The van der Waals surface area contributed by atoms with Crippen LogP contribution < -0.4 is 10.7 Å². The Hall–Kier alpha value is -2.50. The second-order valence-corrected chi connectivity index (χ2v) is 6.37. The van der Waals surface area contributed by atoms with Gasteiger partial charge in [-0.1, -0.05) is 26.8 Å². The Morgan fingerprint density at radius 3 is 2.91 bits per heavy atom. The molecule has 1 aromatic carbocycles. The molecule has 1 amide bonds. The van der Waals surface area contributed by atoms with E-state index in [2.05, 4.69) is 39.7 Å². The van der Waals surface area contributed by atoms with Gasteiger partial charge >= 0.3 is 0 Å². The van der Waals surface area contributed by atoms with Crippen LogP contribution in [0.1, 0.15) is 32.8 Å². The molecular formula is C17H21N5O. The standard InChI is InChI=1S/C17H21N5O/c1-10(2)8-18-17-13-5-4-12(7-14(13)19-9-20-17)16-11(3)6-15(23)21-22-16/h4-5,7,9-11H,6,8H2,1-3H3,(H,21,23)(H,18,19,20). The Balaban J connectivity index is 1.95.